The maximum atomic E-state index is 11.6. The quantitative estimate of drug-likeness (QED) is 0.346. The Balaban J connectivity index is 2.20. The lowest BCUT2D eigenvalue weighted by atomic mass is 9.91. The minimum absolute atomic E-state index is 0.0172. The van der Waals surface area contributed by atoms with Gasteiger partial charge in [0, 0.05) is 38.8 Å². The summed E-state index contributed by atoms with van der Waals surface area (Å²) < 4.78 is 10.6. The highest BCUT2D eigenvalue weighted by atomic mass is 16.7. The van der Waals surface area contributed by atoms with Crippen molar-refractivity contribution in [2.45, 2.75) is 38.4 Å². The molecular formula is C16H17NO6. The molecule has 0 radical (unpaired) electrons. The summed E-state index contributed by atoms with van der Waals surface area (Å²) in [5, 5.41) is 10.7. The second kappa shape index (κ2) is 6.60. The smallest absolute Gasteiger partial charge is 0.337 e. The third kappa shape index (κ3) is 4.38. The fraction of sp³-hybridized carbons (Fsp3) is 0.375. The van der Waals surface area contributed by atoms with E-state index in [4.69, 9.17) is 9.47 Å². The van der Waals surface area contributed by atoms with E-state index >= 15 is 0 Å². The van der Waals surface area contributed by atoms with Gasteiger partial charge in [0.05, 0.1) is 11.0 Å². The van der Waals surface area contributed by atoms with E-state index in [0.29, 0.717) is 12.2 Å². The maximum absolute atomic E-state index is 11.6. The van der Waals surface area contributed by atoms with E-state index in [0.717, 1.165) is 11.8 Å². The van der Waals surface area contributed by atoms with Gasteiger partial charge >= 0.3 is 5.97 Å². The predicted molar refractivity (Wildman–Crippen MR) is 80.5 cm³/mol. The van der Waals surface area contributed by atoms with Crippen molar-refractivity contribution < 1.29 is 24.0 Å². The molecule has 1 atom stereocenters. The van der Waals surface area contributed by atoms with Crippen LogP contribution in [0.2, 0.25) is 0 Å². The molecule has 0 bridgehead atoms. The van der Waals surface area contributed by atoms with Gasteiger partial charge in [0.1, 0.15) is 12.0 Å². The zero-order valence-electron chi connectivity index (χ0n) is 12.9. The lowest BCUT2D eigenvalue weighted by Crippen LogP contribution is -2.34. The van der Waals surface area contributed by atoms with Gasteiger partial charge in [-0.15, -0.1) is 0 Å². The van der Waals surface area contributed by atoms with Crippen LogP contribution in [0.3, 0.4) is 0 Å². The molecule has 7 heteroatoms. The Kier molecular flexibility index (Phi) is 4.78. The Labute approximate surface area is 133 Å². The number of non-ortho nitro benzene ring substituents is 1. The number of nitro benzene ring substituents is 1. The van der Waals surface area contributed by atoms with Crippen LogP contribution in [-0.4, -0.2) is 23.0 Å². The van der Waals surface area contributed by atoms with Gasteiger partial charge in [0.2, 0.25) is 5.79 Å². The van der Waals surface area contributed by atoms with Gasteiger partial charge in [-0.25, -0.2) is 4.79 Å². The fourth-order valence-electron chi connectivity index (χ4n) is 2.43. The first-order valence-corrected chi connectivity index (χ1v) is 7.11. The van der Waals surface area contributed by atoms with Gasteiger partial charge in [-0.2, -0.15) is 0 Å². The van der Waals surface area contributed by atoms with Gasteiger partial charge in [-0.1, -0.05) is 12.1 Å². The molecule has 1 aliphatic heterocycles. The highest BCUT2D eigenvalue weighted by molar-refractivity contribution is 5.83. The molecule has 1 aromatic carbocycles. The summed E-state index contributed by atoms with van der Waals surface area (Å²) >= 11 is 0. The second-order valence-corrected chi connectivity index (χ2v) is 5.69. The van der Waals surface area contributed by atoms with E-state index in [-0.39, 0.29) is 18.0 Å². The highest BCUT2D eigenvalue weighted by Crippen LogP contribution is 2.32. The van der Waals surface area contributed by atoms with Crippen LogP contribution in [0.5, 0.6) is 0 Å². The van der Waals surface area contributed by atoms with E-state index in [1.165, 1.54) is 18.2 Å². The van der Waals surface area contributed by atoms with Gasteiger partial charge in [-0.3, -0.25) is 10.1 Å². The zero-order valence-corrected chi connectivity index (χ0v) is 12.9. The minimum atomic E-state index is -1.05. The van der Waals surface area contributed by atoms with E-state index in [9.17, 15) is 19.7 Å². The van der Waals surface area contributed by atoms with Crippen LogP contribution in [0.15, 0.2) is 36.1 Å². The number of esters is 1. The van der Waals surface area contributed by atoms with Crippen LogP contribution in [-0.2, 0) is 19.1 Å². The van der Waals surface area contributed by atoms with Crippen LogP contribution in [0, 0.1) is 10.1 Å². The minimum Gasteiger partial charge on any atom is -0.457 e. The molecule has 0 amide bonds. The van der Waals surface area contributed by atoms with E-state index in [1.54, 1.807) is 26.0 Å². The monoisotopic (exact) mass is 319 g/mol. The molecule has 0 N–H and O–H groups in total. The summed E-state index contributed by atoms with van der Waals surface area (Å²) in [7, 11) is 0. The molecule has 122 valence electrons. The van der Waals surface area contributed by atoms with Crippen molar-refractivity contribution in [3.05, 3.63) is 51.8 Å². The molecule has 1 aliphatic rings. The van der Waals surface area contributed by atoms with Crippen molar-refractivity contribution in [3.8, 4) is 0 Å². The Morgan fingerprint density at radius 1 is 1.26 bits per heavy atom. The van der Waals surface area contributed by atoms with E-state index in [1.807, 2.05) is 0 Å². The summed E-state index contributed by atoms with van der Waals surface area (Å²) in [6.45, 7) is 3.25. The van der Waals surface area contributed by atoms with E-state index < -0.39 is 16.7 Å². The van der Waals surface area contributed by atoms with Crippen LogP contribution in [0.4, 0.5) is 5.69 Å². The first-order chi connectivity index (χ1) is 10.8. The number of allylic oxidation sites excluding steroid dienone is 1. The number of aldehydes is 1. The first-order valence-electron chi connectivity index (χ1n) is 7.11. The van der Waals surface area contributed by atoms with Crippen molar-refractivity contribution in [1.29, 1.82) is 0 Å². The highest BCUT2D eigenvalue weighted by Gasteiger charge is 2.31. The lowest BCUT2D eigenvalue weighted by Gasteiger charge is -2.31. The number of hydrogen-bond acceptors (Lipinski definition) is 6. The third-order valence-corrected chi connectivity index (χ3v) is 3.41. The maximum Gasteiger partial charge on any atom is 0.337 e. The molecule has 23 heavy (non-hydrogen) atoms. The Morgan fingerprint density at radius 2 is 1.91 bits per heavy atom. The molecule has 1 aromatic rings. The second-order valence-electron chi connectivity index (χ2n) is 5.69. The average Bonchev–Trinajstić information content (AvgIpc) is 2.44. The molecule has 2 rings (SSSR count). The Hall–Kier alpha value is -2.70. The van der Waals surface area contributed by atoms with Crippen molar-refractivity contribution >= 4 is 17.9 Å². The summed E-state index contributed by atoms with van der Waals surface area (Å²) in [6, 6.07) is 6.00. The topological polar surface area (TPSA) is 95.7 Å². The molecule has 0 aromatic heterocycles. The molecule has 0 saturated carbocycles. The fourth-order valence-corrected chi connectivity index (χ4v) is 2.43. The van der Waals surface area contributed by atoms with Gasteiger partial charge < -0.3 is 14.3 Å². The molecule has 0 fully saturated rings. The van der Waals surface area contributed by atoms with Gasteiger partial charge in [0.15, 0.2) is 0 Å². The standard InChI is InChI=1S/C16H17NO6/c1-16(2)22-14(10-15(19)23-16)9-12(7-8-18)11-3-5-13(6-4-11)17(20)21/h3-6,8,10,12H,7,9H2,1-2H3. The van der Waals surface area contributed by atoms with Crippen LogP contribution < -0.4 is 0 Å². The zero-order chi connectivity index (χ0) is 17.0. The van der Waals surface area contributed by atoms with Crippen molar-refractivity contribution in [3.63, 3.8) is 0 Å². The first kappa shape index (κ1) is 16.7. The Bertz CT molecular complexity index is 647. The summed E-state index contributed by atoms with van der Waals surface area (Å²) in [6.07, 6.45) is 2.58. The van der Waals surface area contributed by atoms with Crippen LogP contribution in [0.1, 0.15) is 38.2 Å². The number of hydrogen-bond donors (Lipinski definition) is 0. The van der Waals surface area contributed by atoms with Crippen LogP contribution in [0.25, 0.3) is 0 Å². The third-order valence-electron chi connectivity index (χ3n) is 3.41. The van der Waals surface area contributed by atoms with Crippen molar-refractivity contribution in [2.24, 2.45) is 0 Å². The number of rotatable bonds is 6. The summed E-state index contributed by atoms with van der Waals surface area (Å²) in [5.41, 5.74) is 0.750. The van der Waals surface area contributed by atoms with Crippen LogP contribution >= 0.6 is 0 Å². The average molecular weight is 319 g/mol. The largest absolute Gasteiger partial charge is 0.457 e. The molecule has 1 unspecified atom stereocenters. The number of ether oxygens (including phenoxy) is 2. The molecule has 0 spiro atoms. The molecule has 7 nitrogen and oxygen atoms in total. The molecular weight excluding hydrogens is 302 g/mol. The van der Waals surface area contributed by atoms with Crippen molar-refractivity contribution in [1.82, 2.24) is 0 Å². The van der Waals surface area contributed by atoms with Gasteiger partial charge in [-0.05, 0) is 11.5 Å². The molecule has 0 saturated heterocycles. The van der Waals surface area contributed by atoms with Gasteiger partial charge in [0.25, 0.3) is 5.69 Å². The number of carbonyl (C=O) groups is 2. The number of nitrogens with zero attached hydrogens (tertiary/aromatic N) is 1. The SMILES string of the molecule is CC1(C)OC(=O)C=C(CC(CC=O)c2ccc([N+](=O)[O-])cc2)O1. The van der Waals surface area contributed by atoms with Crippen molar-refractivity contribution in [2.75, 3.05) is 0 Å². The van der Waals surface area contributed by atoms with E-state index in [2.05, 4.69) is 0 Å². The summed E-state index contributed by atoms with van der Waals surface area (Å²) in [5.74, 6) is -1.36. The number of cyclic esters (lactones) is 1. The number of carbonyl (C=O) groups excluding carboxylic acids is 2. The number of nitro groups is 1. The number of benzene rings is 1. The summed E-state index contributed by atoms with van der Waals surface area (Å²) in [4.78, 5) is 32.7. The lowest BCUT2D eigenvalue weighted by molar-refractivity contribution is -0.384. The molecule has 1 heterocycles. The normalized spacial score (nSPS) is 17.5. The Morgan fingerprint density at radius 3 is 2.43 bits per heavy atom. The predicted octanol–water partition coefficient (Wildman–Crippen LogP) is 2.85. The molecule has 0 aliphatic carbocycles.